The molecular formula is C16H14F5N5. The Morgan fingerprint density at radius 1 is 1.08 bits per heavy atom. The van der Waals surface area contributed by atoms with Crippen molar-refractivity contribution in [3.8, 4) is 0 Å². The van der Waals surface area contributed by atoms with Crippen LogP contribution in [-0.4, -0.2) is 19.9 Å². The van der Waals surface area contributed by atoms with Gasteiger partial charge in [0.1, 0.15) is 28.7 Å². The third kappa shape index (κ3) is 3.89. The Labute approximate surface area is 144 Å². The zero-order chi connectivity index (χ0) is 19.1. The molecule has 0 aliphatic rings. The Bertz CT molecular complexity index is 942. The number of anilines is 1. The average molecular weight is 371 g/mol. The maximum Gasteiger partial charge on any atom is 0.431 e. The van der Waals surface area contributed by atoms with Crippen LogP contribution in [0.25, 0.3) is 11.0 Å². The number of hydrogen-bond donors (Lipinski definition) is 2. The van der Waals surface area contributed by atoms with Crippen LogP contribution in [0, 0.1) is 6.92 Å². The molecule has 26 heavy (non-hydrogen) atoms. The van der Waals surface area contributed by atoms with E-state index in [2.05, 4.69) is 25.3 Å². The number of halogens is 5. The second-order valence-corrected chi connectivity index (χ2v) is 5.89. The van der Waals surface area contributed by atoms with E-state index in [1.54, 1.807) is 0 Å². The minimum Gasteiger partial charge on any atom is -0.366 e. The molecule has 0 aliphatic heterocycles. The lowest BCUT2D eigenvalue weighted by molar-refractivity contribution is -0.140. The number of H-pyrrole nitrogens is 1. The molecule has 3 heterocycles. The largest absolute Gasteiger partial charge is 0.431 e. The third-order valence-corrected chi connectivity index (χ3v) is 3.59. The summed E-state index contributed by atoms with van der Waals surface area (Å²) in [6.45, 7) is 2.38. The topological polar surface area (TPSA) is 66.5 Å². The summed E-state index contributed by atoms with van der Waals surface area (Å²) in [5.41, 5.74) is -0.606. The summed E-state index contributed by atoms with van der Waals surface area (Å²) in [6, 6.07) is 3.64. The molecular weight excluding hydrogens is 357 g/mol. The number of nitrogens with one attached hydrogen (secondary N) is 2. The van der Waals surface area contributed by atoms with Crippen molar-refractivity contribution in [2.45, 2.75) is 32.5 Å². The Morgan fingerprint density at radius 2 is 1.81 bits per heavy atom. The SMILES string of the molecule is Cc1nc(NCc2cnc3[nH]c(C(F)(F)F)cc3c2)cc(C(C)(F)F)n1. The molecule has 3 aromatic rings. The number of hydrogen-bond acceptors (Lipinski definition) is 4. The van der Waals surface area contributed by atoms with Gasteiger partial charge in [-0.1, -0.05) is 0 Å². The van der Waals surface area contributed by atoms with E-state index in [1.807, 2.05) is 0 Å². The van der Waals surface area contributed by atoms with Gasteiger partial charge in [0.25, 0.3) is 5.92 Å². The highest BCUT2D eigenvalue weighted by Gasteiger charge is 2.32. The second kappa shape index (κ2) is 6.19. The standard InChI is InChI=1S/C16H14F5N5/c1-8-24-11(15(2,17)18)5-13(25-8)22-6-9-3-10-4-12(16(19,20)21)26-14(10)23-7-9/h3-5,7H,6H2,1-2H3,(H,23,26)(H,22,24,25). The quantitative estimate of drug-likeness (QED) is 0.667. The summed E-state index contributed by atoms with van der Waals surface area (Å²) in [5.74, 6) is -2.73. The number of rotatable bonds is 4. The summed E-state index contributed by atoms with van der Waals surface area (Å²) in [7, 11) is 0. The van der Waals surface area contributed by atoms with Gasteiger partial charge in [-0.25, -0.2) is 15.0 Å². The highest BCUT2D eigenvalue weighted by Crippen LogP contribution is 2.31. The predicted molar refractivity (Wildman–Crippen MR) is 84.8 cm³/mol. The first-order valence-electron chi connectivity index (χ1n) is 7.55. The molecule has 0 unspecified atom stereocenters. The maximum atomic E-state index is 13.4. The number of pyridine rings is 1. The van der Waals surface area contributed by atoms with E-state index in [9.17, 15) is 22.0 Å². The van der Waals surface area contributed by atoms with Gasteiger partial charge in [-0.2, -0.15) is 22.0 Å². The van der Waals surface area contributed by atoms with Gasteiger partial charge >= 0.3 is 6.18 Å². The summed E-state index contributed by atoms with van der Waals surface area (Å²) >= 11 is 0. The molecule has 0 radical (unpaired) electrons. The first-order chi connectivity index (χ1) is 12.0. The minimum atomic E-state index is -4.49. The van der Waals surface area contributed by atoms with E-state index in [0.29, 0.717) is 10.9 Å². The van der Waals surface area contributed by atoms with Crippen molar-refractivity contribution in [1.82, 2.24) is 19.9 Å². The van der Waals surface area contributed by atoms with Gasteiger partial charge in [0.2, 0.25) is 0 Å². The molecule has 3 aromatic heterocycles. The average Bonchev–Trinajstić information content (AvgIpc) is 2.95. The monoisotopic (exact) mass is 371 g/mol. The van der Waals surface area contributed by atoms with Crippen LogP contribution in [0.1, 0.15) is 29.7 Å². The second-order valence-electron chi connectivity index (χ2n) is 5.89. The lowest BCUT2D eigenvalue weighted by Gasteiger charge is -2.12. The molecule has 0 aliphatic carbocycles. The van der Waals surface area contributed by atoms with Gasteiger partial charge in [0, 0.05) is 31.1 Å². The van der Waals surface area contributed by atoms with Crippen LogP contribution in [0.2, 0.25) is 0 Å². The Balaban J connectivity index is 1.81. The lowest BCUT2D eigenvalue weighted by atomic mass is 10.2. The third-order valence-electron chi connectivity index (χ3n) is 3.59. The number of fused-ring (bicyclic) bond motifs is 1. The van der Waals surface area contributed by atoms with E-state index in [1.165, 1.54) is 19.2 Å². The van der Waals surface area contributed by atoms with Gasteiger partial charge < -0.3 is 10.3 Å². The molecule has 3 rings (SSSR count). The summed E-state index contributed by atoms with van der Waals surface area (Å²) in [5, 5.41) is 3.16. The summed E-state index contributed by atoms with van der Waals surface area (Å²) < 4.78 is 65.0. The van der Waals surface area contributed by atoms with Crippen LogP contribution in [0.5, 0.6) is 0 Å². The minimum absolute atomic E-state index is 0.117. The van der Waals surface area contributed by atoms with Gasteiger partial charge in [0.05, 0.1) is 0 Å². The van der Waals surface area contributed by atoms with Gasteiger partial charge in [-0.15, -0.1) is 0 Å². The van der Waals surface area contributed by atoms with E-state index >= 15 is 0 Å². The molecule has 0 bridgehead atoms. The van der Waals surface area contributed by atoms with Crippen LogP contribution >= 0.6 is 0 Å². The van der Waals surface area contributed by atoms with E-state index in [4.69, 9.17) is 0 Å². The molecule has 0 fully saturated rings. The zero-order valence-electron chi connectivity index (χ0n) is 13.7. The summed E-state index contributed by atoms with van der Waals surface area (Å²) in [6.07, 6.45) is -3.09. The summed E-state index contributed by atoms with van der Waals surface area (Å²) in [4.78, 5) is 13.9. The van der Waals surface area contributed by atoms with E-state index < -0.39 is 23.5 Å². The van der Waals surface area contributed by atoms with Crippen molar-refractivity contribution >= 4 is 16.9 Å². The number of aromatic amines is 1. The Hall–Kier alpha value is -2.78. The van der Waals surface area contributed by atoms with E-state index in [-0.39, 0.29) is 23.8 Å². The highest BCUT2D eigenvalue weighted by atomic mass is 19.4. The van der Waals surface area contributed by atoms with Crippen LogP contribution in [0.4, 0.5) is 27.8 Å². The number of aryl methyl sites for hydroxylation is 1. The molecule has 0 saturated carbocycles. The molecule has 138 valence electrons. The molecule has 0 amide bonds. The number of alkyl halides is 5. The first-order valence-corrected chi connectivity index (χ1v) is 7.55. The molecule has 0 saturated heterocycles. The van der Waals surface area contributed by atoms with Gasteiger partial charge in [-0.05, 0) is 24.6 Å². The van der Waals surface area contributed by atoms with Gasteiger partial charge in [-0.3, -0.25) is 0 Å². The maximum absolute atomic E-state index is 13.4. The molecule has 5 nitrogen and oxygen atoms in total. The van der Waals surface area contributed by atoms with Crippen molar-refractivity contribution < 1.29 is 22.0 Å². The number of nitrogens with zero attached hydrogens (tertiary/aromatic N) is 3. The molecule has 10 heteroatoms. The smallest absolute Gasteiger partial charge is 0.366 e. The molecule has 0 spiro atoms. The van der Waals surface area contributed by atoms with Crippen molar-refractivity contribution in [3.63, 3.8) is 0 Å². The van der Waals surface area contributed by atoms with Crippen molar-refractivity contribution in [3.05, 3.63) is 47.2 Å². The van der Waals surface area contributed by atoms with Crippen LogP contribution < -0.4 is 5.32 Å². The predicted octanol–water partition coefficient (Wildman–Crippen LogP) is 4.40. The molecule has 2 N–H and O–H groups in total. The first kappa shape index (κ1) is 18.0. The van der Waals surface area contributed by atoms with Crippen LogP contribution in [0.15, 0.2) is 24.4 Å². The Morgan fingerprint density at radius 3 is 2.46 bits per heavy atom. The van der Waals surface area contributed by atoms with Gasteiger partial charge in [0.15, 0.2) is 0 Å². The van der Waals surface area contributed by atoms with Crippen LogP contribution in [0.3, 0.4) is 0 Å². The van der Waals surface area contributed by atoms with Crippen molar-refractivity contribution in [2.75, 3.05) is 5.32 Å². The van der Waals surface area contributed by atoms with E-state index in [0.717, 1.165) is 19.1 Å². The fourth-order valence-corrected chi connectivity index (χ4v) is 2.39. The van der Waals surface area contributed by atoms with Crippen molar-refractivity contribution in [2.24, 2.45) is 0 Å². The molecule has 0 aromatic carbocycles. The Kier molecular flexibility index (Phi) is 4.29. The highest BCUT2D eigenvalue weighted by molar-refractivity contribution is 5.77. The molecule has 0 atom stereocenters. The fourth-order valence-electron chi connectivity index (χ4n) is 2.39. The number of aromatic nitrogens is 4. The fraction of sp³-hybridized carbons (Fsp3) is 0.312. The lowest BCUT2D eigenvalue weighted by Crippen LogP contribution is -2.13. The van der Waals surface area contributed by atoms with Crippen molar-refractivity contribution in [1.29, 1.82) is 0 Å². The zero-order valence-corrected chi connectivity index (χ0v) is 13.7. The van der Waals surface area contributed by atoms with Crippen LogP contribution in [-0.2, 0) is 18.6 Å². The normalized spacial score (nSPS) is 12.6.